The van der Waals surface area contributed by atoms with Crippen molar-refractivity contribution in [3.05, 3.63) is 10.9 Å². The van der Waals surface area contributed by atoms with Crippen LogP contribution >= 0.6 is 11.3 Å². The molecule has 2 nitrogen and oxygen atoms in total. The normalized spacial score (nSPS) is 17.7. The summed E-state index contributed by atoms with van der Waals surface area (Å²) in [7, 11) is 2.02. The Balaban J connectivity index is 2.13. The smallest absolute Gasteiger partial charge is 0.142 e. The maximum absolute atomic E-state index is 8.91. The quantitative estimate of drug-likeness (QED) is 0.660. The Kier molecular flexibility index (Phi) is 3.02. The second kappa shape index (κ2) is 4.28. The number of nitriles is 1. The molecule has 0 spiro atoms. The summed E-state index contributed by atoms with van der Waals surface area (Å²) >= 11 is 1.63. The third kappa shape index (κ3) is 2.18. The van der Waals surface area contributed by atoms with Gasteiger partial charge in [0, 0.05) is 13.1 Å². The summed E-state index contributed by atoms with van der Waals surface area (Å²) in [6, 6.07) is 4.41. The van der Waals surface area contributed by atoms with Crippen molar-refractivity contribution in [1.82, 2.24) is 0 Å². The molecule has 0 atom stereocenters. The Morgan fingerprint density at radius 2 is 2.20 bits per heavy atom. The zero-order valence-electron chi connectivity index (χ0n) is 9.29. The monoisotopic (exact) mass is 218 g/mol. The Bertz CT molecular complexity index is 386. The number of nitrogens with zero attached hydrogens (tertiary/aromatic N) is 2. The molecular weight excluding hydrogens is 203 g/mol. The molecule has 1 aliphatic rings. The average molecular weight is 218 g/mol. The van der Waals surface area contributed by atoms with Crippen LogP contribution in [0.4, 0.5) is 5.00 Å². The van der Waals surface area contributed by atoms with E-state index in [0.717, 1.165) is 29.3 Å². The zero-order chi connectivity index (χ0) is 10.8. The highest BCUT2D eigenvalue weighted by Gasteiger charge is 2.18. The van der Waals surface area contributed by atoms with Crippen LogP contribution in [-0.4, -0.2) is 20.9 Å². The minimum atomic E-state index is 0.859. The molecule has 1 aromatic rings. The van der Waals surface area contributed by atoms with E-state index in [4.69, 9.17) is 5.26 Å². The van der Waals surface area contributed by atoms with Gasteiger partial charge in [0.1, 0.15) is 18.8 Å². The Morgan fingerprint density at radius 1 is 1.53 bits per heavy atom. The minimum Gasteiger partial charge on any atom is -0.363 e. The highest BCUT2D eigenvalue weighted by Crippen LogP contribution is 2.27. The first kappa shape index (κ1) is 10.6. The van der Waals surface area contributed by atoms with E-state index < -0.39 is 0 Å². The van der Waals surface area contributed by atoms with E-state index in [9.17, 15) is 0 Å². The first-order chi connectivity index (χ1) is 7.20. The minimum absolute atomic E-state index is 0.859. The first-order valence-electron chi connectivity index (χ1n) is 5.46. The molecule has 0 bridgehead atoms. The standard InChI is InChI=1S/C11H15BN2S/c1-8-2-4-14(5-3-8)11-6-9(12)10(7-13)15-11/h6,8H,2-5,12H2,1H3. The van der Waals surface area contributed by atoms with Crippen molar-refractivity contribution in [3.8, 4) is 6.07 Å². The number of hydrogen-bond acceptors (Lipinski definition) is 3. The lowest BCUT2D eigenvalue weighted by Crippen LogP contribution is -2.32. The molecule has 2 rings (SSSR count). The van der Waals surface area contributed by atoms with E-state index in [-0.39, 0.29) is 0 Å². The summed E-state index contributed by atoms with van der Waals surface area (Å²) in [5.41, 5.74) is 1.12. The molecule has 0 radical (unpaired) electrons. The van der Waals surface area contributed by atoms with Gasteiger partial charge >= 0.3 is 0 Å². The molecule has 0 saturated carbocycles. The van der Waals surface area contributed by atoms with Gasteiger partial charge in [-0.1, -0.05) is 12.4 Å². The Morgan fingerprint density at radius 3 is 2.73 bits per heavy atom. The Hall–Kier alpha value is -0.945. The predicted octanol–water partition coefficient (Wildman–Crippen LogP) is 1.11. The zero-order valence-corrected chi connectivity index (χ0v) is 10.1. The van der Waals surface area contributed by atoms with Gasteiger partial charge in [0.25, 0.3) is 0 Å². The molecule has 1 saturated heterocycles. The maximum atomic E-state index is 8.91. The topological polar surface area (TPSA) is 27.0 Å². The van der Waals surface area contributed by atoms with E-state index in [1.807, 2.05) is 7.85 Å². The largest absolute Gasteiger partial charge is 0.363 e. The van der Waals surface area contributed by atoms with Crippen molar-refractivity contribution in [2.45, 2.75) is 19.8 Å². The summed E-state index contributed by atoms with van der Waals surface area (Å²) in [6.07, 6.45) is 2.55. The van der Waals surface area contributed by atoms with Gasteiger partial charge in [0.2, 0.25) is 0 Å². The Labute approximate surface area is 95.9 Å². The van der Waals surface area contributed by atoms with E-state index in [1.165, 1.54) is 17.8 Å². The molecular formula is C11H15BN2S. The molecule has 78 valence electrons. The van der Waals surface area contributed by atoms with Crippen LogP contribution in [0, 0.1) is 17.2 Å². The van der Waals surface area contributed by atoms with Crippen LogP contribution in [0.15, 0.2) is 6.07 Å². The van der Waals surface area contributed by atoms with E-state index >= 15 is 0 Å². The lowest BCUT2D eigenvalue weighted by atomic mass is 9.96. The highest BCUT2D eigenvalue weighted by molar-refractivity contribution is 7.17. The number of piperidine rings is 1. The van der Waals surface area contributed by atoms with Crippen LogP contribution in [0.2, 0.25) is 0 Å². The third-order valence-corrected chi connectivity index (χ3v) is 4.30. The third-order valence-electron chi connectivity index (χ3n) is 3.10. The van der Waals surface area contributed by atoms with Crippen LogP contribution in [0.5, 0.6) is 0 Å². The summed E-state index contributed by atoms with van der Waals surface area (Å²) in [5, 5.41) is 10.2. The lowest BCUT2D eigenvalue weighted by Gasteiger charge is -2.30. The fraction of sp³-hybridized carbons (Fsp3) is 0.545. The number of rotatable bonds is 1. The molecule has 0 amide bonds. The van der Waals surface area contributed by atoms with Gasteiger partial charge in [-0.05, 0) is 24.8 Å². The van der Waals surface area contributed by atoms with Crippen molar-refractivity contribution < 1.29 is 0 Å². The lowest BCUT2D eigenvalue weighted by molar-refractivity contribution is 0.440. The van der Waals surface area contributed by atoms with Crippen molar-refractivity contribution in [2.75, 3.05) is 18.0 Å². The fourth-order valence-electron chi connectivity index (χ4n) is 1.96. The molecule has 4 heteroatoms. The van der Waals surface area contributed by atoms with Crippen LogP contribution in [0.25, 0.3) is 0 Å². The molecule has 0 N–H and O–H groups in total. The predicted molar refractivity (Wildman–Crippen MR) is 67.8 cm³/mol. The molecule has 2 heterocycles. The average Bonchev–Trinajstić information content (AvgIpc) is 2.61. The van der Waals surface area contributed by atoms with Crippen LogP contribution < -0.4 is 10.4 Å². The second-order valence-corrected chi connectivity index (χ2v) is 5.41. The summed E-state index contributed by atoms with van der Waals surface area (Å²) in [6.45, 7) is 4.61. The number of hydrogen-bond donors (Lipinski definition) is 0. The van der Waals surface area contributed by atoms with Gasteiger partial charge < -0.3 is 4.90 Å². The van der Waals surface area contributed by atoms with Gasteiger partial charge in [-0.2, -0.15) is 5.26 Å². The van der Waals surface area contributed by atoms with Gasteiger partial charge in [-0.25, -0.2) is 0 Å². The molecule has 1 fully saturated rings. The first-order valence-corrected chi connectivity index (χ1v) is 6.28. The van der Waals surface area contributed by atoms with E-state index in [2.05, 4.69) is 24.0 Å². The van der Waals surface area contributed by atoms with E-state index in [1.54, 1.807) is 11.3 Å². The van der Waals surface area contributed by atoms with Crippen LogP contribution in [0.3, 0.4) is 0 Å². The van der Waals surface area contributed by atoms with Gasteiger partial charge in [0.15, 0.2) is 0 Å². The van der Waals surface area contributed by atoms with Gasteiger partial charge in [0.05, 0.1) is 5.00 Å². The maximum Gasteiger partial charge on any atom is 0.142 e. The molecule has 15 heavy (non-hydrogen) atoms. The fourth-order valence-corrected chi connectivity index (χ4v) is 2.98. The molecule has 0 aromatic carbocycles. The van der Waals surface area contributed by atoms with Crippen LogP contribution in [0.1, 0.15) is 24.6 Å². The van der Waals surface area contributed by atoms with Gasteiger partial charge in [-0.15, -0.1) is 11.3 Å². The molecule has 0 aliphatic carbocycles. The number of thiophene rings is 1. The number of anilines is 1. The summed E-state index contributed by atoms with van der Waals surface area (Å²) < 4.78 is 0. The molecule has 1 aliphatic heterocycles. The van der Waals surface area contributed by atoms with Crippen molar-refractivity contribution in [3.63, 3.8) is 0 Å². The van der Waals surface area contributed by atoms with E-state index in [0.29, 0.717) is 0 Å². The molecule has 1 aromatic heterocycles. The van der Waals surface area contributed by atoms with Crippen molar-refractivity contribution in [1.29, 1.82) is 5.26 Å². The summed E-state index contributed by atoms with van der Waals surface area (Å²) in [5.74, 6) is 0.859. The van der Waals surface area contributed by atoms with Gasteiger partial charge in [-0.3, -0.25) is 0 Å². The van der Waals surface area contributed by atoms with Crippen molar-refractivity contribution in [2.24, 2.45) is 5.92 Å². The highest BCUT2D eigenvalue weighted by atomic mass is 32.1. The second-order valence-electron chi connectivity index (χ2n) is 4.38. The molecule has 0 unspecified atom stereocenters. The summed E-state index contributed by atoms with van der Waals surface area (Å²) in [4.78, 5) is 3.28. The van der Waals surface area contributed by atoms with Crippen molar-refractivity contribution >= 4 is 29.6 Å². The SMILES string of the molecule is Bc1cc(N2CCC(C)CC2)sc1C#N. The van der Waals surface area contributed by atoms with Crippen LogP contribution in [-0.2, 0) is 0 Å².